The number of alkyl halides is 3. The topological polar surface area (TPSA) is 80.9 Å². The Morgan fingerprint density at radius 2 is 2.19 bits per heavy atom. The van der Waals surface area contributed by atoms with Crippen LogP contribution in [0.15, 0.2) is 23.3 Å². The zero-order valence-electron chi connectivity index (χ0n) is 10.7. The largest absolute Gasteiger partial charge is 0.574 e. The van der Waals surface area contributed by atoms with Gasteiger partial charge in [-0.25, -0.2) is 4.98 Å². The van der Waals surface area contributed by atoms with Gasteiger partial charge >= 0.3 is 6.36 Å². The van der Waals surface area contributed by atoms with E-state index < -0.39 is 17.2 Å². The number of aliphatic imine (C=N–C) groups is 1. The Bertz CT molecular complexity index is 545. The van der Waals surface area contributed by atoms with E-state index in [1.807, 2.05) is 0 Å². The maximum absolute atomic E-state index is 12.0. The summed E-state index contributed by atoms with van der Waals surface area (Å²) in [6, 6.07) is 2.53. The predicted molar refractivity (Wildman–Crippen MR) is 65.5 cm³/mol. The minimum Gasteiger partial charge on any atom is -0.388 e. The molecule has 0 unspecified atom stereocenters. The van der Waals surface area contributed by atoms with Gasteiger partial charge in [-0.3, -0.25) is 15.1 Å². The highest BCUT2D eigenvalue weighted by Crippen LogP contribution is 2.21. The Morgan fingerprint density at radius 1 is 1.43 bits per heavy atom. The van der Waals surface area contributed by atoms with E-state index in [1.165, 1.54) is 12.3 Å². The number of hydrogen-bond donors (Lipinski definition) is 0. The molecule has 0 amide bonds. The maximum Gasteiger partial charge on any atom is 0.574 e. The molecule has 0 aliphatic carbocycles. The summed E-state index contributed by atoms with van der Waals surface area (Å²) in [6.45, 7) is 0.921. The van der Waals surface area contributed by atoms with Crippen LogP contribution in [0.5, 0.6) is 5.88 Å². The molecule has 1 aromatic heterocycles. The molecule has 10 heteroatoms. The number of ether oxygens (including phenoxy) is 1. The molecule has 0 fully saturated rings. The summed E-state index contributed by atoms with van der Waals surface area (Å²) in [5, 5.41) is 10.5. The molecule has 7 nitrogen and oxygen atoms in total. The van der Waals surface area contributed by atoms with Crippen molar-refractivity contribution in [2.45, 2.75) is 12.9 Å². The fraction of sp³-hybridized carbons (Fsp3) is 0.455. The van der Waals surface area contributed by atoms with Gasteiger partial charge in [0.15, 0.2) is 5.84 Å². The first-order valence-electron chi connectivity index (χ1n) is 5.94. The Hall–Kier alpha value is -2.39. The van der Waals surface area contributed by atoms with Crippen LogP contribution < -0.4 is 4.74 Å². The SMILES string of the molecule is O=[N+]([O-])CC1=NCCN1Cc1ccc(OC(F)(F)F)nc1. The molecule has 2 rings (SSSR count). The van der Waals surface area contributed by atoms with Gasteiger partial charge in [0.05, 0.1) is 6.54 Å². The second kappa shape index (κ2) is 5.94. The lowest BCUT2D eigenvalue weighted by atomic mass is 10.2. The number of nitrogens with zero attached hydrogens (tertiary/aromatic N) is 4. The van der Waals surface area contributed by atoms with Crippen LogP contribution in [0.3, 0.4) is 0 Å². The van der Waals surface area contributed by atoms with Gasteiger partial charge < -0.3 is 9.64 Å². The van der Waals surface area contributed by atoms with Gasteiger partial charge in [0.1, 0.15) is 0 Å². The number of rotatable bonds is 5. The zero-order chi connectivity index (χ0) is 15.5. The van der Waals surface area contributed by atoms with Crippen molar-refractivity contribution in [2.75, 3.05) is 19.6 Å². The van der Waals surface area contributed by atoms with E-state index >= 15 is 0 Å². The van der Waals surface area contributed by atoms with Gasteiger partial charge in [-0.2, -0.15) is 0 Å². The van der Waals surface area contributed by atoms with E-state index in [9.17, 15) is 23.3 Å². The fourth-order valence-electron chi connectivity index (χ4n) is 1.87. The number of halogens is 3. The highest BCUT2D eigenvalue weighted by atomic mass is 19.4. The highest BCUT2D eigenvalue weighted by Gasteiger charge is 2.31. The lowest BCUT2D eigenvalue weighted by Crippen LogP contribution is -2.32. The van der Waals surface area contributed by atoms with Crippen molar-refractivity contribution in [3.63, 3.8) is 0 Å². The molecule has 0 N–H and O–H groups in total. The molecule has 0 atom stereocenters. The number of amidine groups is 1. The van der Waals surface area contributed by atoms with Crippen LogP contribution in [0.4, 0.5) is 13.2 Å². The maximum atomic E-state index is 12.0. The Balaban J connectivity index is 1.97. The van der Waals surface area contributed by atoms with Gasteiger partial charge in [-0.05, 0) is 5.56 Å². The third-order valence-corrected chi connectivity index (χ3v) is 2.69. The van der Waals surface area contributed by atoms with E-state index in [4.69, 9.17) is 0 Å². The molecule has 21 heavy (non-hydrogen) atoms. The third kappa shape index (κ3) is 4.58. The van der Waals surface area contributed by atoms with Crippen LogP contribution in [0.1, 0.15) is 5.56 Å². The van der Waals surface area contributed by atoms with E-state index in [1.54, 1.807) is 4.90 Å². The Morgan fingerprint density at radius 3 is 2.76 bits per heavy atom. The summed E-state index contributed by atoms with van der Waals surface area (Å²) in [4.78, 5) is 19.3. The van der Waals surface area contributed by atoms with Gasteiger partial charge in [-0.1, -0.05) is 6.07 Å². The number of hydrogen-bond acceptors (Lipinski definition) is 6. The molecule has 0 saturated carbocycles. The molecule has 0 spiro atoms. The van der Waals surface area contributed by atoms with Gasteiger partial charge in [0, 0.05) is 30.3 Å². The van der Waals surface area contributed by atoms with Crippen molar-refractivity contribution in [3.05, 3.63) is 34.0 Å². The lowest BCUT2D eigenvalue weighted by molar-refractivity contribution is -0.464. The van der Waals surface area contributed by atoms with Crippen molar-refractivity contribution in [2.24, 2.45) is 4.99 Å². The van der Waals surface area contributed by atoms with E-state index in [0.717, 1.165) is 6.07 Å². The molecular weight excluding hydrogens is 293 g/mol. The second-order valence-corrected chi connectivity index (χ2v) is 4.26. The minimum atomic E-state index is -4.78. The van der Waals surface area contributed by atoms with Gasteiger partial charge in [-0.15, -0.1) is 13.2 Å². The van der Waals surface area contributed by atoms with Crippen LogP contribution in [0.25, 0.3) is 0 Å². The summed E-state index contributed by atoms with van der Waals surface area (Å²) in [5.74, 6) is -0.192. The molecule has 1 aliphatic heterocycles. The zero-order valence-corrected chi connectivity index (χ0v) is 10.7. The molecule has 114 valence electrons. The molecule has 0 radical (unpaired) electrons. The lowest BCUT2D eigenvalue weighted by Gasteiger charge is -2.18. The number of aromatic nitrogens is 1. The summed E-state index contributed by atoms with van der Waals surface area (Å²) in [7, 11) is 0. The summed E-state index contributed by atoms with van der Waals surface area (Å²) in [5.41, 5.74) is 0.613. The summed E-state index contributed by atoms with van der Waals surface area (Å²) < 4.78 is 39.6. The first kappa shape index (κ1) is 15.0. The van der Waals surface area contributed by atoms with Crippen molar-refractivity contribution in [1.29, 1.82) is 0 Å². The molecule has 2 heterocycles. The Kier molecular flexibility index (Phi) is 4.24. The number of nitro groups is 1. The van der Waals surface area contributed by atoms with Gasteiger partial charge in [0.2, 0.25) is 5.88 Å². The fourth-order valence-corrected chi connectivity index (χ4v) is 1.87. The first-order valence-corrected chi connectivity index (χ1v) is 5.94. The van der Waals surface area contributed by atoms with Crippen LogP contribution in [0.2, 0.25) is 0 Å². The van der Waals surface area contributed by atoms with Crippen LogP contribution >= 0.6 is 0 Å². The molecule has 0 bridgehead atoms. The molecule has 1 aromatic rings. The molecule has 1 aliphatic rings. The van der Waals surface area contributed by atoms with Crippen LogP contribution in [-0.4, -0.2) is 46.6 Å². The monoisotopic (exact) mass is 304 g/mol. The average Bonchev–Trinajstić information content (AvgIpc) is 2.76. The quantitative estimate of drug-likeness (QED) is 0.608. The van der Waals surface area contributed by atoms with Gasteiger partial charge in [0.25, 0.3) is 6.54 Å². The molecule has 0 saturated heterocycles. The van der Waals surface area contributed by atoms with E-state index in [2.05, 4.69) is 14.7 Å². The van der Waals surface area contributed by atoms with Crippen molar-refractivity contribution in [1.82, 2.24) is 9.88 Å². The smallest absolute Gasteiger partial charge is 0.388 e. The summed E-state index contributed by atoms with van der Waals surface area (Å²) in [6.07, 6.45) is -3.54. The first-order chi connectivity index (χ1) is 9.83. The van der Waals surface area contributed by atoms with Crippen molar-refractivity contribution >= 4 is 5.84 Å². The molecular formula is C11H11F3N4O3. The van der Waals surface area contributed by atoms with E-state index in [0.29, 0.717) is 31.0 Å². The Labute approximate surface area is 117 Å². The standard InChI is InChI=1S/C11H11F3N4O3/c12-11(13,14)21-10-2-1-8(5-16-10)6-17-4-3-15-9(17)7-18(19)20/h1-2,5H,3-4,6-7H2. The minimum absolute atomic E-state index is 0.298. The normalized spacial score (nSPS) is 15.0. The van der Waals surface area contributed by atoms with E-state index in [-0.39, 0.29) is 6.54 Å². The van der Waals surface area contributed by atoms with Crippen LogP contribution in [0, 0.1) is 10.1 Å². The summed E-state index contributed by atoms with van der Waals surface area (Å²) >= 11 is 0. The second-order valence-electron chi connectivity index (χ2n) is 4.26. The highest BCUT2D eigenvalue weighted by molar-refractivity contribution is 5.84. The molecule has 0 aromatic carbocycles. The number of pyridine rings is 1. The average molecular weight is 304 g/mol. The van der Waals surface area contributed by atoms with Crippen molar-refractivity contribution in [3.8, 4) is 5.88 Å². The van der Waals surface area contributed by atoms with Crippen LogP contribution in [-0.2, 0) is 6.54 Å². The third-order valence-electron chi connectivity index (χ3n) is 2.69. The van der Waals surface area contributed by atoms with Crippen molar-refractivity contribution < 1.29 is 22.8 Å². The predicted octanol–water partition coefficient (Wildman–Crippen LogP) is 1.47.